The van der Waals surface area contributed by atoms with E-state index in [9.17, 15) is 4.79 Å². The van der Waals surface area contributed by atoms with Crippen LogP contribution in [0.15, 0.2) is 0 Å². The maximum Gasteiger partial charge on any atom is 0.226 e. The number of amides is 1. The Morgan fingerprint density at radius 3 is 2.17 bits per heavy atom. The summed E-state index contributed by atoms with van der Waals surface area (Å²) in [5.41, 5.74) is 0. The lowest BCUT2D eigenvalue weighted by atomic mass is 9.93. The summed E-state index contributed by atoms with van der Waals surface area (Å²) in [5, 5.41) is 0.175. The van der Waals surface area contributed by atoms with Crippen molar-refractivity contribution in [2.45, 2.75) is 62.8 Å². The smallest absolute Gasteiger partial charge is 0.226 e. The number of halogens is 1. The highest BCUT2D eigenvalue weighted by Gasteiger charge is 2.56. The maximum atomic E-state index is 12.6. The van der Waals surface area contributed by atoms with Gasteiger partial charge in [-0.25, -0.2) is 0 Å². The van der Waals surface area contributed by atoms with Crippen molar-refractivity contribution < 1.29 is 4.79 Å². The fraction of sp³-hybridized carbons (Fsp3) is 0.933. The lowest BCUT2D eigenvalue weighted by Gasteiger charge is -2.35. The second-order valence-corrected chi connectivity index (χ2v) is 7.02. The molecule has 18 heavy (non-hydrogen) atoms. The average molecular weight is 270 g/mol. The van der Waals surface area contributed by atoms with Gasteiger partial charge in [-0.3, -0.25) is 4.79 Å². The van der Waals surface area contributed by atoms with Crippen LogP contribution in [0, 0.1) is 17.8 Å². The Kier molecular flexibility index (Phi) is 3.57. The van der Waals surface area contributed by atoms with E-state index < -0.39 is 0 Å². The van der Waals surface area contributed by atoms with Gasteiger partial charge in [0, 0.05) is 19.0 Å². The third-order valence-corrected chi connectivity index (χ3v) is 5.94. The van der Waals surface area contributed by atoms with Crippen LogP contribution in [0.4, 0.5) is 0 Å². The highest BCUT2D eigenvalue weighted by Crippen LogP contribution is 2.56. The largest absolute Gasteiger partial charge is 0.341 e. The molecule has 2 nitrogen and oxygen atoms in total. The van der Waals surface area contributed by atoms with Crippen LogP contribution in [-0.4, -0.2) is 29.3 Å². The van der Waals surface area contributed by atoms with E-state index in [0.717, 1.165) is 12.8 Å². The van der Waals surface area contributed by atoms with Gasteiger partial charge in [-0.15, -0.1) is 11.6 Å². The van der Waals surface area contributed by atoms with E-state index in [1.54, 1.807) is 0 Å². The topological polar surface area (TPSA) is 20.3 Å². The summed E-state index contributed by atoms with van der Waals surface area (Å²) < 4.78 is 0. The molecule has 3 aliphatic carbocycles. The standard InChI is InChI=1S/C15H24ClNO/c1-17(13-9-5-4-8-12(13)16)15(18)14-10-6-2-3-7-11(10)14/h10-14H,2-9H2,1H3. The molecule has 102 valence electrons. The van der Waals surface area contributed by atoms with Crippen molar-refractivity contribution in [1.82, 2.24) is 4.90 Å². The molecule has 0 aromatic heterocycles. The van der Waals surface area contributed by atoms with Crippen molar-refractivity contribution in [2.75, 3.05) is 7.05 Å². The van der Waals surface area contributed by atoms with Crippen LogP contribution in [0.25, 0.3) is 0 Å². The molecule has 4 atom stereocenters. The Morgan fingerprint density at radius 1 is 1.00 bits per heavy atom. The number of rotatable bonds is 2. The molecule has 0 bridgehead atoms. The van der Waals surface area contributed by atoms with E-state index in [4.69, 9.17) is 11.6 Å². The van der Waals surface area contributed by atoms with Gasteiger partial charge >= 0.3 is 0 Å². The van der Waals surface area contributed by atoms with Crippen molar-refractivity contribution in [3.8, 4) is 0 Å². The molecule has 0 saturated heterocycles. The Bertz CT molecular complexity index is 320. The molecule has 3 rings (SSSR count). The van der Waals surface area contributed by atoms with Gasteiger partial charge < -0.3 is 4.90 Å². The minimum atomic E-state index is 0.175. The van der Waals surface area contributed by atoms with Crippen LogP contribution in [0.2, 0.25) is 0 Å². The number of carbonyl (C=O) groups excluding carboxylic acids is 1. The van der Waals surface area contributed by atoms with Crippen LogP contribution in [0.3, 0.4) is 0 Å². The lowest BCUT2D eigenvalue weighted by molar-refractivity contribution is -0.134. The predicted molar refractivity (Wildman–Crippen MR) is 73.6 cm³/mol. The third kappa shape index (κ3) is 2.17. The second kappa shape index (κ2) is 5.03. The minimum Gasteiger partial charge on any atom is -0.341 e. The first-order chi connectivity index (χ1) is 8.70. The summed E-state index contributed by atoms with van der Waals surface area (Å²) >= 11 is 6.41. The summed E-state index contributed by atoms with van der Waals surface area (Å²) in [5.74, 6) is 2.17. The van der Waals surface area contributed by atoms with Gasteiger partial charge in [0.05, 0.1) is 5.38 Å². The van der Waals surface area contributed by atoms with E-state index in [1.807, 2.05) is 11.9 Å². The monoisotopic (exact) mass is 269 g/mol. The first-order valence-corrected chi connectivity index (χ1v) is 8.04. The molecular formula is C15H24ClNO. The SMILES string of the molecule is CN(C(=O)C1C2CCCCC21)C1CCCCC1Cl. The molecule has 3 fully saturated rings. The first-order valence-electron chi connectivity index (χ1n) is 7.61. The summed E-state index contributed by atoms with van der Waals surface area (Å²) in [6.45, 7) is 0. The van der Waals surface area contributed by atoms with Gasteiger partial charge in [-0.1, -0.05) is 25.7 Å². The predicted octanol–water partition coefficient (Wildman–Crippen LogP) is 3.43. The van der Waals surface area contributed by atoms with Gasteiger partial charge in [-0.2, -0.15) is 0 Å². The normalized spacial score (nSPS) is 43.1. The van der Waals surface area contributed by atoms with E-state index in [-0.39, 0.29) is 11.4 Å². The zero-order chi connectivity index (χ0) is 12.7. The van der Waals surface area contributed by atoms with Gasteiger partial charge in [0.15, 0.2) is 0 Å². The molecule has 0 spiro atoms. The van der Waals surface area contributed by atoms with Crippen LogP contribution < -0.4 is 0 Å². The van der Waals surface area contributed by atoms with E-state index >= 15 is 0 Å². The van der Waals surface area contributed by atoms with Crippen molar-refractivity contribution in [1.29, 1.82) is 0 Å². The Hall–Kier alpha value is -0.240. The molecule has 4 unspecified atom stereocenters. The number of hydrogen-bond acceptors (Lipinski definition) is 1. The van der Waals surface area contributed by atoms with Crippen LogP contribution in [0.5, 0.6) is 0 Å². The number of carbonyl (C=O) groups is 1. The van der Waals surface area contributed by atoms with Crippen LogP contribution in [-0.2, 0) is 4.79 Å². The summed E-state index contributed by atoms with van der Waals surface area (Å²) in [4.78, 5) is 14.6. The molecule has 0 N–H and O–H groups in total. The number of hydrogen-bond donors (Lipinski definition) is 0. The summed E-state index contributed by atoms with van der Waals surface area (Å²) in [6.07, 6.45) is 9.84. The fourth-order valence-electron chi connectivity index (χ4n) is 4.26. The Labute approximate surface area is 115 Å². The number of fused-ring (bicyclic) bond motifs is 1. The molecule has 0 aromatic rings. The molecule has 3 saturated carbocycles. The molecular weight excluding hydrogens is 246 g/mol. The maximum absolute atomic E-state index is 12.6. The molecule has 3 heteroatoms. The van der Waals surface area contributed by atoms with E-state index in [0.29, 0.717) is 23.7 Å². The van der Waals surface area contributed by atoms with Gasteiger partial charge in [0.2, 0.25) is 5.91 Å². The van der Waals surface area contributed by atoms with Crippen molar-refractivity contribution in [3.05, 3.63) is 0 Å². The molecule has 0 radical (unpaired) electrons. The average Bonchev–Trinajstić information content (AvgIpc) is 3.12. The van der Waals surface area contributed by atoms with Crippen molar-refractivity contribution >= 4 is 17.5 Å². The lowest BCUT2D eigenvalue weighted by Crippen LogP contribution is -2.45. The molecule has 0 heterocycles. The van der Waals surface area contributed by atoms with E-state index in [2.05, 4.69) is 0 Å². The van der Waals surface area contributed by atoms with Gasteiger partial charge in [0.25, 0.3) is 0 Å². The molecule has 3 aliphatic rings. The third-order valence-electron chi connectivity index (χ3n) is 5.43. The Morgan fingerprint density at radius 2 is 1.56 bits per heavy atom. The highest BCUT2D eigenvalue weighted by atomic mass is 35.5. The fourth-order valence-corrected chi connectivity index (χ4v) is 4.71. The molecule has 1 amide bonds. The minimum absolute atomic E-state index is 0.175. The van der Waals surface area contributed by atoms with E-state index in [1.165, 1.54) is 38.5 Å². The zero-order valence-electron chi connectivity index (χ0n) is 11.3. The number of nitrogens with zero attached hydrogens (tertiary/aromatic N) is 1. The van der Waals surface area contributed by atoms with Crippen LogP contribution in [0.1, 0.15) is 51.4 Å². The summed E-state index contributed by atoms with van der Waals surface area (Å²) in [6, 6.07) is 0.288. The Balaban J connectivity index is 1.62. The zero-order valence-corrected chi connectivity index (χ0v) is 12.0. The van der Waals surface area contributed by atoms with Crippen LogP contribution >= 0.6 is 11.6 Å². The van der Waals surface area contributed by atoms with Gasteiger partial charge in [0.1, 0.15) is 0 Å². The quantitative estimate of drug-likeness (QED) is 0.704. The van der Waals surface area contributed by atoms with Gasteiger partial charge in [-0.05, 0) is 37.5 Å². The molecule has 0 aromatic carbocycles. The first kappa shape index (κ1) is 12.8. The van der Waals surface area contributed by atoms with Crippen molar-refractivity contribution in [3.63, 3.8) is 0 Å². The molecule has 0 aliphatic heterocycles. The second-order valence-electron chi connectivity index (χ2n) is 6.45. The highest BCUT2D eigenvalue weighted by molar-refractivity contribution is 6.21. The van der Waals surface area contributed by atoms with Crippen molar-refractivity contribution in [2.24, 2.45) is 17.8 Å². The summed E-state index contributed by atoms with van der Waals surface area (Å²) in [7, 11) is 1.98. The number of alkyl halides is 1.